The summed E-state index contributed by atoms with van der Waals surface area (Å²) in [4.78, 5) is 34.2. The predicted octanol–water partition coefficient (Wildman–Crippen LogP) is -0.553. The van der Waals surface area contributed by atoms with E-state index in [0.717, 1.165) is 12.8 Å². The van der Waals surface area contributed by atoms with E-state index in [0.29, 0.717) is 18.7 Å². The number of nitrogens with zero attached hydrogens (tertiary/aromatic N) is 3. The van der Waals surface area contributed by atoms with E-state index < -0.39 is 5.60 Å². The minimum absolute atomic E-state index is 0.0953. The second-order valence-corrected chi connectivity index (χ2v) is 6.98. The monoisotopic (exact) mass is 333 g/mol. The fraction of sp³-hybridized carbons (Fsp3) is 0.600. The first-order valence-electron chi connectivity index (χ1n) is 8.03. The van der Waals surface area contributed by atoms with Gasteiger partial charge in [-0.2, -0.15) is 0 Å². The number of hydrogen-bond acceptors (Lipinski definition) is 6. The number of rotatable bonds is 2. The van der Waals surface area contributed by atoms with Crippen molar-refractivity contribution < 1.29 is 14.3 Å². The third kappa shape index (κ3) is 4.84. The van der Waals surface area contributed by atoms with Gasteiger partial charge in [0.2, 0.25) is 0 Å². The van der Waals surface area contributed by atoms with Gasteiger partial charge in [0, 0.05) is 30.9 Å². The van der Waals surface area contributed by atoms with Crippen LogP contribution >= 0.6 is 0 Å². The zero-order valence-corrected chi connectivity index (χ0v) is 14.6. The smallest absolute Gasteiger partial charge is 0.410 e. The van der Waals surface area contributed by atoms with Gasteiger partial charge in [0.15, 0.2) is 19.4 Å². The number of carbonyl (C=O) groups excluding carboxylic acids is 2. The highest BCUT2D eigenvalue weighted by atomic mass is 16.6. The van der Waals surface area contributed by atoms with Crippen LogP contribution in [-0.2, 0) is 4.74 Å². The lowest BCUT2D eigenvalue weighted by atomic mass is 10.0. The number of piperidine rings is 1. The van der Waals surface area contributed by atoms with Crippen molar-refractivity contribution in [1.29, 1.82) is 0 Å². The molecular weight excluding hydrogens is 309 g/mol. The molecule has 1 aliphatic rings. The average molecular weight is 333 g/mol. The number of ether oxygens (including phenoxy) is 1. The quantitative estimate of drug-likeness (QED) is 0.703. The molecule has 1 aliphatic heterocycles. The van der Waals surface area contributed by atoms with Gasteiger partial charge >= 0.3 is 6.09 Å². The summed E-state index contributed by atoms with van der Waals surface area (Å²) in [5, 5.41) is 2.88. The third-order valence-electron chi connectivity index (χ3n) is 3.54. The van der Waals surface area contributed by atoms with Gasteiger partial charge in [0.25, 0.3) is 5.91 Å². The Bertz CT molecular complexity index is 632. The highest BCUT2D eigenvalue weighted by molar-refractivity contribution is 6.30. The highest BCUT2D eigenvalue weighted by Gasteiger charge is 2.29. The van der Waals surface area contributed by atoms with E-state index in [4.69, 9.17) is 10.5 Å². The van der Waals surface area contributed by atoms with Crippen LogP contribution in [0.2, 0.25) is 0 Å². The Hall–Kier alpha value is -2.32. The first kappa shape index (κ1) is 18.0. The molecule has 24 heavy (non-hydrogen) atoms. The van der Waals surface area contributed by atoms with Crippen molar-refractivity contribution in [3.8, 4) is 0 Å². The summed E-state index contributed by atoms with van der Waals surface area (Å²) in [6.45, 7) is 6.50. The second-order valence-electron chi connectivity index (χ2n) is 6.98. The van der Waals surface area contributed by atoms with Crippen molar-refractivity contribution in [1.82, 2.24) is 20.2 Å². The Morgan fingerprint density at radius 1 is 1.46 bits per heavy atom. The van der Waals surface area contributed by atoms with Crippen LogP contribution in [0.3, 0.4) is 0 Å². The number of anilines is 1. The maximum absolute atomic E-state index is 12.4. The molecule has 0 bridgehead atoms. The number of aromatic nitrogens is 2. The van der Waals surface area contributed by atoms with E-state index in [1.54, 1.807) is 12.7 Å². The van der Waals surface area contributed by atoms with E-state index >= 15 is 0 Å². The normalized spacial score (nSPS) is 18.1. The van der Waals surface area contributed by atoms with Crippen molar-refractivity contribution in [3.05, 3.63) is 11.9 Å². The SMILES string of the molecule is Bc1cnc(N)c(C(=O)N[C@H]2CCCN(C(=O)OC(C)(C)C)C2)n1. The number of likely N-dealkylation sites (tertiary alicyclic amines) is 1. The summed E-state index contributed by atoms with van der Waals surface area (Å²) in [5.74, 6) is -0.280. The van der Waals surface area contributed by atoms with Gasteiger partial charge in [0.05, 0.1) is 0 Å². The molecule has 8 nitrogen and oxygen atoms in total. The molecule has 1 aromatic heterocycles. The minimum atomic E-state index is -0.543. The second kappa shape index (κ2) is 7.06. The Morgan fingerprint density at radius 3 is 2.83 bits per heavy atom. The van der Waals surface area contributed by atoms with Gasteiger partial charge in [-0.05, 0) is 33.6 Å². The van der Waals surface area contributed by atoms with Gasteiger partial charge in [-0.3, -0.25) is 9.78 Å². The highest BCUT2D eigenvalue weighted by Crippen LogP contribution is 2.16. The minimum Gasteiger partial charge on any atom is -0.444 e. The zero-order valence-electron chi connectivity index (χ0n) is 14.6. The van der Waals surface area contributed by atoms with E-state index in [2.05, 4.69) is 15.3 Å². The van der Waals surface area contributed by atoms with Gasteiger partial charge < -0.3 is 20.7 Å². The summed E-state index contributed by atoms with van der Waals surface area (Å²) in [6.07, 6.45) is 2.72. The molecule has 0 radical (unpaired) electrons. The molecule has 1 fully saturated rings. The van der Waals surface area contributed by atoms with Crippen molar-refractivity contribution in [2.24, 2.45) is 0 Å². The molecule has 0 aromatic carbocycles. The number of amides is 2. The maximum atomic E-state index is 12.4. The molecule has 0 saturated carbocycles. The molecule has 0 unspecified atom stereocenters. The fourth-order valence-electron chi connectivity index (χ4n) is 2.49. The molecule has 2 heterocycles. The molecule has 2 amide bonds. The molecule has 9 heteroatoms. The van der Waals surface area contributed by atoms with Gasteiger partial charge in [-0.1, -0.05) is 0 Å². The fourth-order valence-corrected chi connectivity index (χ4v) is 2.49. The number of nitrogens with two attached hydrogens (primary N) is 1. The predicted molar refractivity (Wildman–Crippen MR) is 92.9 cm³/mol. The number of nitrogens with one attached hydrogen (secondary N) is 1. The van der Waals surface area contributed by atoms with Crippen LogP contribution in [0.4, 0.5) is 10.6 Å². The molecule has 0 spiro atoms. The molecule has 1 atom stereocenters. The maximum Gasteiger partial charge on any atom is 0.410 e. The Labute approximate surface area is 142 Å². The molecule has 2 rings (SSSR count). The number of nitrogen functional groups attached to an aromatic ring is 1. The molecule has 130 valence electrons. The van der Waals surface area contributed by atoms with Crippen molar-refractivity contribution in [2.75, 3.05) is 18.8 Å². The lowest BCUT2D eigenvalue weighted by molar-refractivity contribution is 0.0185. The van der Waals surface area contributed by atoms with Crippen LogP contribution in [0.5, 0.6) is 0 Å². The van der Waals surface area contributed by atoms with Crippen molar-refractivity contribution in [2.45, 2.75) is 45.3 Å². The van der Waals surface area contributed by atoms with Crippen molar-refractivity contribution in [3.63, 3.8) is 0 Å². The molecule has 3 N–H and O–H groups in total. The largest absolute Gasteiger partial charge is 0.444 e. The standard InChI is InChI=1S/C15H24BN5O3/c1-15(2,3)24-14(23)21-6-4-5-9(8-21)19-13(22)11-12(17)18-7-10(16)20-11/h7,9H,4-6,8,16H2,1-3H3,(H2,17,18)(H,19,22)/t9-/m0/s1. The summed E-state index contributed by atoms with van der Waals surface area (Å²) >= 11 is 0. The first-order chi connectivity index (χ1) is 11.2. The van der Waals surface area contributed by atoms with Crippen LogP contribution in [0, 0.1) is 0 Å². The molecule has 1 aromatic rings. The summed E-state index contributed by atoms with van der Waals surface area (Å²) in [6, 6.07) is -0.166. The van der Waals surface area contributed by atoms with E-state index in [9.17, 15) is 9.59 Å². The van der Waals surface area contributed by atoms with E-state index in [-0.39, 0.29) is 29.6 Å². The van der Waals surface area contributed by atoms with Crippen LogP contribution < -0.4 is 16.6 Å². The van der Waals surface area contributed by atoms with Crippen LogP contribution in [0.15, 0.2) is 6.20 Å². The average Bonchev–Trinajstić information content (AvgIpc) is 2.48. The van der Waals surface area contributed by atoms with Crippen LogP contribution in [-0.4, -0.2) is 59.4 Å². The third-order valence-corrected chi connectivity index (χ3v) is 3.54. The Kier molecular flexibility index (Phi) is 5.31. The molecule has 1 saturated heterocycles. The van der Waals surface area contributed by atoms with Gasteiger partial charge in [0.1, 0.15) is 5.60 Å². The number of hydrogen-bond donors (Lipinski definition) is 2. The van der Waals surface area contributed by atoms with Crippen LogP contribution in [0.1, 0.15) is 44.1 Å². The molecular formula is C15H24BN5O3. The first-order valence-corrected chi connectivity index (χ1v) is 8.03. The lowest BCUT2D eigenvalue weighted by Crippen LogP contribution is -2.51. The lowest BCUT2D eigenvalue weighted by Gasteiger charge is -2.34. The summed E-state index contributed by atoms with van der Waals surface area (Å²) in [5.41, 5.74) is 5.91. The van der Waals surface area contributed by atoms with Gasteiger partial charge in [-0.25, -0.2) is 9.78 Å². The summed E-state index contributed by atoms with van der Waals surface area (Å²) in [7, 11) is 1.74. The summed E-state index contributed by atoms with van der Waals surface area (Å²) < 4.78 is 5.38. The van der Waals surface area contributed by atoms with Crippen molar-refractivity contribution >= 4 is 31.3 Å². The van der Waals surface area contributed by atoms with E-state index in [1.165, 1.54) is 6.20 Å². The number of carbonyl (C=O) groups is 2. The van der Waals surface area contributed by atoms with Gasteiger partial charge in [-0.15, -0.1) is 0 Å². The van der Waals surface area contributed by atoms with E-state index in [1.807, 2.05) is 20.8 Å². The molecule has 0 aliphatic carbocycles. The van der Waals surface area contributed by atoms with Crippen LogP contribution in [0.25, 0.3) is 0 Å². The Morgan fingerprint density at radius 2 is 2.17 bits per heavy atom. The topological polar surface area (TPSA) is 110 Å². The Balaban J connectivity index is 1.99. The zero-order chi connectivity index (χ0) is 17.9.